The Hall–Kier alpha value is -0.960. The van der Waals surface area contributed by atoms with Crippen molar-refractivity contribution in [3.8, 4) is 0 Å². The lowest BCUT2D eigenvalue weighted by Crippen LogP contribution is -2.52. The fourth-order valence-corrected chi connectivity index (χ4v) is 3.75. The van der Waals surface area contributed by atoms with Crippen LogP contribution in [0, 0.1) is 6.92 Å². The van der Waals surface area contributed by atoms with Crippen molar-refractivity contribution in [2.24, 2.45) is 0 Å². The normalized spacial score (nSPS) is 23.9. The molecule has 8 heteroatoms. The van der Waals surface area contributed by atoms with Gasteiger partial charge in [-0.1, -0.05) is 0 Å². The molecular weight excluding hydrogens is 280 g/mol. The number of hydrogen-bond acceptors (Lipinski definition) is 5. The number of β-amino-alcohol motifs (C(OH)–C–C–N with tert-alkyl or cyclic N) is 1. The van der Waals surface area contributed by atoms with Crippen LogP contribution in [-0.2, 0) is 16.6 Å². The SMILES string of the molecule is CCn1nc(C)cc1S(=O)(=O)NC[C@]1(O)CCCNC1. The molecule has 0 amide bonds. The molecule has 114 valence electrons. The molecule has 1 aromatic rings. The van der Waals surface area contributed by atoms with Gasteiger partial charge in [-0.2, -0.15) is 5.10 Å². The van der Waals surface area contributed by atoms with Crippen molar-refractivity contribution in [2.45, 2.75) is 43.9 Å². The van der Waals surface area contributed by atoms with Crippen LogP contribution in [0.15, 0.2) is 11.1 Å². The number of piperidine rings is 1. The lowest BCUT2D eigenvalue weighted by Gasteiger charge is -2.32. The van der Waals surface area contributed by atoms with Gasteiger partial charge in [0.05, 0.1) is 11.3 Å². The van der Waals surface area contributed by atoms with Crippen LogP contribution >= 0.6 is 0 Å². The second-order valence-corrected chi connectivity index (χ2v) is 6.98. The van der Waals surface area contributed by atoms with E-state index in [-0.39, 0.29) is 11.6 Å². The van der Waals surface area contributed by atoms with Crippen LogP contribution in [0.1, 0.15) is 25.5 Å². The smallest absolute Gasteiger partial charge is 0.257 e. The quantitative estimate of drug-likeness (QED) is 0.688. The van der Waals surface area contributed by atoms with Gasteiger partial charge in [0.25, 0.3) is 10.0 Å². The van der Waals surface area contributed by atoms with E-state index in [9.17, 15) is 13.5 Å². The van der Waals surface area contributed by atoms with Gasteiger partial charge in [0.1, 0.15) is 0 Å². The molecule has 0 unspecified atom stereocenters. The minimum Gasteiger partial charge on any atom is -0.387 e. The summed E-state index contributed by atoms with van der Waals surface area (Å²) >= 11 is 0. The predicted molar refractivity (Wildman–Crippen MR) is 74.9 cm³/mol. The van der Waals surface area contributed by atoms with E-state index in [1.807, 2.05) is 6.92 Å². The first-order valence-corrected chi connectivity index (χ1v) is 8.32. The minimum atomic E-state index is -3.66. The molecule has 1 aliphatic rings. The van der Waals surface area contributed by atoms with Crippen LogP contribution in [0.3, 0.4) is 0 Å². The molecule has 1 saturated heterocycles. The maximum Gasteiger partial charge on any atom is 0.257 e. The van der Waals surface area contributed by atoms with Crippen LogP contribution < -0.4 is 10.0 Å². The predicted octanol–water partition coefficient (Wildman–Crippen LogP) is -0.396. The highest BCUT2D eigenvalue weighted by Gasteiger charge is 2.31. The number of sulfonamides is 1. The summed E-state index contributed by atoms with van der Waals surface area (Å²) in [6.45, 7) is 5.35. The van der Waals surface area contributed by atoms with Crippen molar-refractivity contribution in [1.29, 1.82) is 0 Å². The van der Waals surface area contributed by atoms with E-state index in [2.05, 4.69) is 15.1 Å². The third kappa shape index (κ3) is 3.38. The standard InChI is InChI=1S/C12H22N4O3S/c1-3-16-11(7-10(2)15-16)20(18,19)14-9-12(17)5-4-6-13-8-12/h7,13-14,17H,3-6,8-9H2,1-2H3/t12-/m0/s1. The second kappa shape index (κ2) is 5.80. The Balaban J connectivity index is 2.11. The number of aromatic nitrogens is 2. The molecule has 0 aromatic carbocycles. The van der Waals surface area contributed by atoms with Crippen molar-refractivity contribution >= 4 is 10.0 Å². The van der Waals surface area contributed by atoms with Crippen molar-refractivity contribution in [1.82, 2.24) is 19.8 Å². The van der Waals surface area contributed by atoms with E-state index < -0.39 is 15.6 Å². The molecule has 1 aliphatic heterocycles. The lowest BCUT2D eigenvalue weighted by atomic mass is 9.95. The van der Waals surface area contributed by atoms with Gasteiger partial charge >= 0.3 is 0 Å². The van der Waals surface area contributed by atoms with Gasteiger partial charge in [0, 0.05) is 19.6 Å². The summed E-state index contributed by atoms with van der Waals surface area (Å²) in [4.78, 5) is 0. The third-order valence-electron chi connectivity index (χ3n) is 3.48. The second-order valence-electron chi connectivity index (χ2n) is 5.27. The molecule has 1 atom stereocenters. The van der Waals surface area contributed by atoms with Gasteiger partial charge in [-0.3, -0.25) is 4.68 Å². The van der Waals surface area contributed by atoms with Gasteiger partial charge in [-0.25, -0.2) is 13.1 Å². The number of nitrogens with one attached hydrogen (secondary N) is 2. The highest BCUT2D eigenvalue weighted by Crippen LogP contribution is 2.17. The highest BCUT2D eigenvalue weighted by molar-refractivity contribution is 7.89. The summed E-state index contributed by atoms with van der Waals surface area (Å²) in [7, 11) is -3.66. The molecule has 2 heterocycles. The van der Waals surface area contributed by atoms with Crippen LogP contribution in [0.5, 0.6) is 0 Å². The van der Waals surface area contributed by atoms with Gasteiger partial charge < -0.3 is 10.4 Å². The van der Waals surface area contributed by atoms with E-state index in [0.29, 0.717) is 25.2 Å². The van der Waals surface area contributed by atoms with Gasteiger partial charge in [0.2, 0.25) is 0 Å². The molecule has 3 N–H and O–H groups in total. The van der Waals surface area contributed by atoms with E-state index in [1.165, 1.54) is 10.7 Å². The van der Waals surface area contributed by atoms with Crippen LogP contribution in [0.25, 0.3) is 0 Å². The van der Waals surface area contributed by atoms with E-state index in [4.69, 9.17) is 0 Å². The minimum absolute atomic E-state index is 0.0102. The summed E-state index contributed by atoms with van der Waals surface area (Å²) in [6, 6.07) is 1.54. The molecule has 7 nitrogen and oxygen atoms in total. The Bertz CT molecular complexity index is 561. The summed E-state index contributed by atoms with van der Waals surface area (Å²) < 4.78 is 28.6. The van der Waals surface area contributed by atoms with E-state index in [1.54, 1.807) is 6.92 Å². The Morgan fingerprint density at radius 2 is 2.35 bits per heavy atom. The van der Waals surface area contributed by atoms with E-state index >= 15 is 0 Å². The number of aryl methyl sites for hydroxylation is 2. The molecule has 0 saturated carbocycles. The summed E-state index contributed by atoms with van der Waals surface area (Å²) in [5.74, 6) is 0. The van der Waals surface area contributed by atoms with Gasteiger partial charge in [-0.05, 0) is 39.3 Å². The van der Waals surface area contributed by atoms with Crippen molar-refractivity contribution in [2.75, 3.05) is 19.6 Å². The summed E-state index contributed by atoms with van der Waals surface area (Å²) in [5.41, 5.74) is -0.359. The maximum atomic E-state index is 12.3. The zero-order valence-corrected chi connectivity index (χ0v) is 12.7. The van der Waals surface area contributed by atoms with Crippen molar-refractivity contribution in [3.05, 3.63) is 11.8 Å². The first-order valence-electron chi connectivity index (χ1n) is 6.83. The Morgan fingerprint density at radius 1 is 1.60 bits per heavy atom. The van der Waals surface area contributed by atoms with Gasteiger partial charge in [0.15, 0.2) is 5.03 Å². The van der Waals surface area contributed by atoms with Crippen LogP contribution in [-0.4, -0.2) is 48.5 Å². The highest BCUT2D eigenvalue weighted by atomic mass is 32.2. The Kier molecular flexibility index (Phi) is 4.48. The largest absolute Gasteiger partial charge is 0.387 e. The van der Waals surface area contributed by atoms with Crippen molar-refractivity contribution < 1.29 is 13.5 Å². The molecule has 0 aliphatic carbocycles. The number of nitrogens with zero attached hydrogens (tertiary/aromatic N) is 2. The zero-order chi connectivity index (χ0) is 14.8. The van der Waals surface area contributed by atoms with Gasteiger partial charge in [-0.15, -0.1) is 0 Å². The monoisotopic (exact) mass is 302 g/mol. The zero-order valence-electron chi connectivity index (χ0n) is 11.9. The number of aliphatic hydroxyl groups is 1. The van der Waals surface area contributed by atoms with Crippen molar-refractivity contribution in [3.63, 3.8) is 0 Å². The average molecular weight is 302 g/mol. The molecule has 0 spiro atoms. The fourth-order valence-electron chi connectivity index (χ4n) is 2.37. The molecule has 1 aromatic heterocycles. The number of rotatable bonds is 5. The number of hydrogen-bond donors (Lipinski definition) is 3. The molecule has 0 radical (unpaired) electrons. The summed E-state index contributed by atoms with van der Waals surface area (Å²) in [6.07, 6.45) is 1.43. The fraction of sp³-hybridized carbons (Fsp3) is 0.750. The van der Waals surface area contributed by atoms with E-state index in [0.717, 1.165) is 13.0 Å². The average Bonchev–Trinajstić information content (AvgIpc) is 2.80. The molecule has 1 fully saturated rings. The molecule has 2 rings (SSSR count). The maximum absolute atomic E-state index is 12.3. The Morgan fingerprint density at radius 3 is 2.95 bits per heavy atom. The molecule has 0 bridgehead atoms. The summed E-state index contributed by atoms with van der Waals surface area (Å²) in [5, 5.41) is 17.7. The molecule has 20 heavy (non-hydrogen) atoms. The molecular formula is C12H22N4O3S. The van der Waals surface area contributed by atoms with Crippen LogP contribution in [0.4, 0.5) is 0 Å². The topological polar surface area (TPSA) is 96.2 Å². The Labute approximate surface area is 119 Å². The lowest BCUT2D eigenvalue weighted by molar-refractivity contribution is 0.0218. The first-order chi connectivity index (χ1) is 9.36. The first kappa shape index (κ1) is 15.4. The van der Waals surface area contributed by atoms with Crippen LogP contribution in [0.2, 0.25) is 0 Å². The third-order valence-corrected chi connectivity index (χ3v) is 4.88.